The first-order valence-corrected chi connectivity index (χ1v) is 7.48. The largest absolute Gasteiger partial charge is 0.466 e. The van der Waals surface area contributed by atoms with Crippen LogP contribution in [0.1, 0.15) is 33.6 Å². The second-order valence-corrected chi connectivity index (χ2v) is 5.11. The van der Waals surface area contributed by atoms with Crippen molar-refractivity contribution in [3.8, 4) is 0 Å². The highest BCUT2D eigenvalue weighted by Gasteiger charge is 2.31. The third-order valence-electron chi connectivity index (χ3n) is 3.57. The molecule has 0 bridgehead atoms. The van der Waals surface area contributed by atoms with E-state index in [4.69, 9.17) is 4.74 Å². The zero-order valence-electron chi connectivity index (χ0n) is 13.0. The molecule has 2 N–H and O–H groups in total. The number of urea groups is 1. The number of nitrogens with zero attached hydrogens (tertiary/aromatic N) is 1. The molecule has 0 aliphatic carbocycles. The number of nitrogens with one attached hydrogen (secondary N) is 2. The van der Waals surface area contributed by atoms with Crippen LogP contribution in [0.5, 0.6) is 0 Å². The van der Waals surface area contributed by atoms with Gasteiger partial charge in [-0.15, -0.1) is 0 Å². The first-order chi connectivity index (χ1) is 9.99. The molecule has 7 heteroatoms. The van der Waals surface area contributed by atoms with Gasteiger partial charge in [0.05, 0.1) is 18.6 Å². The number of amides is 3. The fourth-order valence-corrected chi connectivity index (χ4v) is 2.40. The SMILES string of the molecule is CCNC(=O)NC(=O)[C@@H](C)N1CCC[C@H](C(=O)OCC)C1. The number of likely N-dealkylation sites (tertiary alicyclic amines) is 1. The van der Waals surface area contributed by atoms with Gasteiger partial charge in [-0.2, -0.15) is 0 Å². The third-order valence-corrected chi connectivity index (χ3v) is 3.57. The summed E-state index contributed by atoms with van der Waals surface area (Å²) in [5, 5.41) is 4.81. The summed E-state index contributed by atoms with van der Waals surface area (Å²) in [6.07, 6.45) is 1.61. The Labute approximate surface area is 125 Å². The van der Waals surface area contributed by atoms with Gasteiger partial charge in [0.2, 0.25) is 5.91 Å². The van der Waals surface area contributed by atoms with Crippen LogP contribution in [0.25, 0.3) is 0 Å². The highest BCUT2D eigenvalue weighted by atomic mass is 16.5. The van der Waals surface area contributed by atoms with Crippen LogP contribution < -0.4 is 10.6 Å². The lowest BCUT2D eigenvalue weighted by Crippen LogP contribution is -2.52. The van der Waals surface area contributed by atoms with E-state index in [1.165, 1.54) is 0 Å². The maximum atomic E-state index is 12.0. The van der Waals surface area contributed by atoms with Crippen LogP contribution in [0.3, 0.4) is 0 Å². The summed E-state index contributed by atoms with van der Waals surface area (Å²) in [6, 6.07) is -0.946. The second-order valence-electron chi connectivity index (χ2n) is 5.11. The Morgan fingerprint density at radius 1 is 1.33 bits per heavy atom. The van der Waals surface area contributed by atoms with Crippen molar-refractivity contribution >= 4 is 17.9 Å². The maximum absolute atomic E-state index is 12.0. The molecule has 0 aromatic heterocycles. The van der Waals surface area contributed by atoms with Gasteiger partial charge < -0.3 is 10.1 Å². The van der Waals surface area contributed by atoms with Crippen molar-refractivity contribution in [2.24, 2.45) is 5.92 Å². The molecule has 0 unspecified atom stereocenters. The monoisotopic (exact) mass is 299 g/mol. The fraction of sp³-hybridized carbons (Fsp3) is 0.786. The molecular weight excluding hydrogens is 274 g/mol. The van der Waals surface area contributed by atoms with Crippen LogP contribution >= 0.6 is 0 Å². The van der Waals surface area contributed by atoms with Crippen molar-refractivity contribution in [3.05, 3.63) is 0 Å². The summed E-state index contributed by atoms with van der Waals surface area (Å²) < 4.78 is 5.04. The Balaban J connectivity index is 2.53. The molecule has 0 saturated carbocycles. The van der Waals surface area contributed by atoms with Crippen molar-refractivity contribution < 1.29 is 19.1 Å². The topological polar surface area (TPSA) is 87.7 Å². The molecule has 120 valence electrons. The number of rotatable bonds is 5. The summed E-state index contributed by atoms with van der Waals surface area (Å²) in [7, 11) is 0. The minimum atomic E-state index is -0.492. The Hall–Kier alpha value is -1.63. The first kappa shape index (κ1) is 17.4. The van der Waals surface area contributed by atoms with Crippen molar-refractivity contribution in [1.82, 2.24) is 15.5 Å². The number of piperidine rings is 1. The average Bonchev–Trinajstić information content (AvgIpc) is 2.47. The van der Waals surface area contributed by atoms with Gasteiger partial charge in [-0.1, -0.05) is 0 Å². The normalized spacial score (nSPS) is 20.4. The van der Waals surface area contributed by atoms with Crippen molar-refractivity contribution in [1.29, 1.82) is 0 Å². The molecule has 1 aliphatic rings. The molecule has 1 fully saturated rings. The van der Waals surface area contributed by atoms with Crippen LogP contribution in [0.4, 0.5) is 4.79 Å². The van der Waals surface area contributed by atoms with E-state index in [9.17, 15) is 14.4 Å². The molecule has 1 saturated heterocycles. The number of hydrogen-bond donors (Lipinski definition) is 2. The van der Waals surface area contributed by atoms with Gasteiger partial charge in [0.1, 0.15) is 0 Å². The smallest absolute Gasteiger partial charge is 0.321 e. The standard InChI is InChI=1S/C14H25N3O4/c1-4-15-14(20)16-12(18)10(3)17-8-6-7-11(9-17)13(19)21-5-2/h10-11H,4-9H2,1-3H3,(H2,15,16,18,20)/t10-,11+/m1/s1. The summed E-state index contributed by atoms with van der Waals surface area (Å²) in [4.78, 5) is 37.1. The van der Waals surface area contributed by atoms with Gasteiger partial charge in [-0.3, -0.25) is 19.8 Å². The van der Waals surface area contributed by atoms with Crippen LogP contribution in [-0.2, 0) is 14.3 Å². The van der Waals surface area contributed by atoms with E-state index in [-0.39, 0.29) is 17.8 Å². The predicted octanol–water partition coefficient (Wildman–Crippen LogP) is 0.496. The van der Waals surface area contributed by atoms with E-state index in [1.807, 2.05) is 4.90 Å². The van der Waals surface area contributed by atoms with E-state index < -0.39 is 12.1 Å². The molecule has 0 aromatic carbocycles. The fourth-order valence-electron chi connectivity index (χ4n) is 2.40. The number of carbonyl (C=O) groups excluding carboxylic acids is 3. The van der Waals surface area contributed by atoms with Gasteiger partial charge in [0.25, 0.3) is 0 Å². The zero-order chi connectivity index (χ0) is 15.8. The lowest BCUT2D eigenvalue weighted by atomic mass is 9.97. The summed E-state index contributed by atoms with van der Waals surface area (Å²) in [6.45, 7) is 7.35. The quantitative estimate of drug-likeness (QED) is 0.722. The number of hydrogen-bond acceptors (Lipinski definition) is 5. The van der Waals surface area contributed by atoms with E-state index in [1.54, 1.807) is 20.8 Å². The average molecular weight is 299 g/mol. The molecule has 0 radical (unpaired) electrons. The van der Waals surface area contributed by atoms with Crippen molar-refractivity contribution in [2.45, 2.75) is 39.7 Å². The van der Waals surface area contributed by atoms with E-state index in [2.05, 4.69) is 10.6 Å². The van der Waals surface area contributed by atoms with E-state index >= 15 is 0 Å². The summed E-state index contributed by atoms with van der Waals surface area (Å²) >= 11 is 0. The first-order valence-electron chi connectivity index (χ1n) is 7.48. The number of ether oxygens (including phenoxy) is 1. The van der Waals surface area contributed by atoms with Crippen LogP contribution in [0.15, 0.2) is 0 Å². The zero-order valence-corrected chi connectivity index (χ0v) is 13.0. The van der Waals surface area contributed by atoms with Gasteiger partial charge in [-0.25, -0.2) is 4.79 Å². The molecule has 1 rings (SSSR count). The minimum Gasteiger partial charge on any atom is -0.466 e. The lowest BCUT2D eigenvalue weighted by Gasteiger charge is -2.34. The Morgan fingerprint density at radius 2 is 2.05 bits per heavy atom. The van der Waals surface area contributed by atoms with Gasteiger partial charge in [0.15, 0.2) is 0 Å². The molecule has 21 heavy (non-hydrogen) atoms. The molecule has 0 spiro atoms. The molecule has 7 nitrogen and oxygen atoms in total. The Kier molecular flexibility index (Phi) is 7.14. The van der Waals surface area contributed by atoms with Crippen molar-refractivity contribution in [2.75, 3.05) is 26.2 Å². The van der Waals surface area contributed by atoms with Gasteiger partial charge in [0, 0.05) is 13.1 Å². The summed E-state index contributed by atoms with van der Waals surface area (Å²) in [5.74, 6) is -0.762. The molecule has 2 atom stereocenters. The Morgan fingerprint density at radius 3 is 2.67 bits per heavy atom. The number of imide groups is 1. The molecular formula is C14H25N3O4. The van der Waals surface area contributed by atoms with Crippen LogP contribution in [-0.4, -0.2) is 55.1 Å². The molecule has 1 aliphatic heterocycles. The van der Waals surface area contributed by atoms with E-state index in [0.717, 1.165) is 19.4 Å². The van der Waals surface area contributed by atoms with E-state index in [0.29, 0.717) is 19.7 Å². The summed E-state index contributed by atoms with van der Waals surface area (Å²) in [5.41, 5.74) is 0. The van der Waals surface area contributed by atoms with Gasteiger partial charge in [-0.05, 0) is 40.2 Å². The van der Waals surface area contributed by atoms with Crippen LogP contribution in [0, 0.1) is 5.92 Å². The molecule has 0 aromatic rings. The predicted molar refractivity (Wildman–Crippen MR) is 77.6 cm³/mol. The minimum absolute atomic E-state index is 0.196. The lowest BCUT2D eigenvalue weighted by molar-refractivity contribution is -0.151. The van der Waals surface area contributed by atoms with Crippen molar-refractivity contribution in [3.63, 3.8) is 0 Å². The third kappa shape index (κ3) is 5.34. The Bertz CT molecular complexity index is 386. The van der Waals surface area contributed by atoms with Gasteiger partial charge >= 0.3 is 12.0 Å². The highest BCUT2D eigenvalue weighted by Crippen LogP contribution is 2.19. The second kappa shape index (κ2) is 8.61. The number of esters is 1. The van der Waals surface area contributed by atoms with Crippen LogP contribution in [0.2, 0.25) is 0 Å². The highest BCUT2D eigenvalue weighted by molar-refractivity contribution is 5.96. The maximum Gasteiger partial charge on any atom is 0.321 e. The molecule has 3 amide bonds. The number of carbonyl (C=O) groups is 3. The molecule has 1 heterocycles.